The lowest BCUT2D eigenvalue weighted by Gasteiger charge is -2.35. The van der Waals surface area contributed by atoms with E-state index in [0.29, 0.717) is 19.8 Å². The van der Waals surface area contributed by atoms with Gasteiger partial charge >= 0.3 is 0 Å². The highest BCUT2D eigenvalue weighted by molar-refractivity contribution is 6.22. The van der Waals surface area contributed by atoms with Crippen LogP contribution in [0.15, 0.2) is 0 Å². The van der Waals surface area contributed by atoms with Crippen LogP contribution < -0.4 is 0 Å². The van der Waals surface area contributed by atoms with E-state index in [-0.39, 0.29) is 12.2 Å². The smallest absolute Gasteiger partial charge is 0.251 e. The highest BCUT2D eigenvalue weighted by Gasteiger charge is 2.38. The van der Waals surface area contributed by atoms with Gasteiger partial charge in [0.25, 0.3) is 5.25 Å². The van der Waals surface area contributed by atoms with Crippen molar-refractivity contribution >= 4 is 11.6 Å². The fourth-order valence-electron chi connectivity index (χ4n) is 3.72. The first-order chi connectivity index (χ1) is 13.2. The molecule has 1 aliphatic rings. The van der Waals surface area contributed by atoms with Gasteiger partial charge < -0.3 is 18.9 Å². The van der Waals surface area contributed by atoms with Crippen LogP contribution in [0.2, 0.25) is 0 Å². The molecule has 0 bridgehead atoms. The molecule has 4 nitrogen and oxygen atoms in total. The van der Waals surface area contributed by atoms with Crippen LogP contribution in [0.5, 0.6) is 0 Å². The maximum Gasteiger partial charge on any atom is 0.251 e. The summed E-state index contributed by atoms with van der Waals surface area (Å²) in [6.07, 6.45) is 14.0. The number of hydrogen-bond donors (Lipinski definition) is 0. The molecule has 0 saturated carbocycles. The highest BCUT2D eigenvalue weighted by Crippen LogP contribution is 2.36. The first-order valence-electron chi connectivity index (χ1n) is 11.4. The summed E-state index contributed by atoms with van der Waals surface area (Å²) in [6, 6.07) is 0. The molecule has 1 rings (SSSR count). The molecule has 0 aromatic carbocycles. The van der Waals surface area contributed by atoms with Crippen LogP contribution in [-0.2, 0) is 18.9 Å². The van der Waals surface area contributed by atoms with Crippen molar-refractivity contribution < 1.29 is 18.9 Å². The maximum absolute atomic E-state index is 6.79. The average molecular weight is 407 g/mol. The van der Waals surface area contributed by atoms with Crippen molar-refractivity contribution in [2.24, 2.45) is 5.92 Å². The van der Waals surface area contributed by atoms with Crippen molar-refractivity contribution in [1.29, 1.82) is 0 Å². The number of ether oxygens (including phenoxy) is 4. The van der Waals surface area contributed by atoms with E-state index >= 15 is 0 Å². The summed E-state index contributed by atoms with van der Waals surface area (Å²) in [7, 11) is 0. The van der Waals surface area contributed by atoms with Crippen LogP contribution in [-0.4, -0.2) is 38.0 Å². The van der Waals surface area contributed by atoms with Crippen molar-refractivity contribution in [3.8, 4) is 0 Å². The molecule has 1 fully saturated rings. The van der Waals surface area contributed by atoms with Crippen molar-refractivity contribution in [2.75, 3.05) is 26.4 Å². The lowest BCUT2D eigenvalue weighted by atomic mass is 9.94. The summed E-state index contributed by atoms with van der Waals surface area (Å²) < 4.78 is 23.2. The Morgan fingerprint density at radius 1 is 0.926 bits per heavy atom. The molecule has 2 atom stereocenters. The van der Waals surface area contributed by atoms with Gasteiger partial charge in [0.1, 0.15) is 0 Å². The second-order valence-corrected chi connectivity index (χ2v) is 8.04. The summed E-state index contributed by atoms with van der Waals surface area (Å²) in [5, 5.41) is -1.01. The van der Waals surface area contributed by atoms with Gasteiger partial charge in [0.05, 0.1) is 0 Å². The zero-order valence-electron chi connectivity index (χ0n) is 18.0. The zero-order chi connectivity index (χ0) is 19.8. The molecule has 1 aliphatic heterocycles. The Kier molecular flexibility index (Phi) is 14.9. The molecular formula is C22H43ClO4. The molecule has 2 unspecified atom stereocenters. The third-order valence-electron chi connectivity index (χ3n) is 5.21. The molecule has 27 heavy (non-hydrogen) atoms. The van der Waals surface area contributed by atoms with E-state index in [4.69, 9.17) is 30.5 Å². The number of rotatable bonds is 17. The molecule has 1 saturated heterocycles. The van der Waals surface area contributed by atoms with E-state index in [2.05, 4.69) is 6.92 Å². The molecule has 0 spiro atoms. The Labute approximate surface area is 172 Å². The molecule has 5 heteroatoms. The van der Waals surface area contributed by atoms with Crippen LogP contribution in [0, 0.1) is 5.92 Å². The number of unbranched alkanes of at least 4 members (excludes halogenated alkanes) is 5. The molecular weight excluding hydrogens is 364 g/mol. The van der Waals surface area contributed by atoms with Crippen LogP contribution >= 0.6 is 11.6 Å². The molecule has 0 N–H and O–H groups in total. The Morgan fingerprint density at radius 2 is 1.59 bits per heavy atom. The molecule has 162 valence electrons. The molecule has 0 aliphatic carbocycles. The predicted molar refractivity (Wildman–Crippen MR) is 112 cm³/mol. The van der Waals surface area contributed by atoms with Gasteiger partial charge in [0.15, 0.2) is 6.29 Å². The van der Waals surface area contributed by atoms with E-state index in [0.717, 1.165) is 38.7 Å². The molecule has 0 amide bonds. The first-order valence-corrected chi connectivity index (χ1v) is 11.7. The summed E-state index contributed by atoms with van der Waals surface area (Å²) in [4.78, 5) is 0. The normalized spacial score (nSPS) is 19.3. The summed E-state index contributed by atoms with van der Waals surface area (Å²) in [5.74, 6) is 0.182. The van der Waals surface area contributed by atoms with E-state index in [1.165, 1.54) is 44.9 Å². The molecule has 0 aromatic rings. The predicted octanol–water partition coefficient (Wildman–Crippen LogP) is 6.64. The van der Waals surface area contributed by atoms with Crippen molar-refractivity contribution in [2.45, 2.75) is 109 Å². The van der Waals surface area contributed by atoms with Gasteiger partial charge in [-0.2, -0.15) is 0 Å². The van der Waals surface area contributed by atoms with E-state index in [1.54, 1.807) is 0 Å². The molecule has 1 heterocycles. The van der Waals surface area contributed by atoms with E-state index < -0.39 is 5.25 Å². The van der Waals surface area contributed by atoms with Gasteiger partial charge in [-0.15, -0.1) is 0 Å². The quantitative estimate of drug-likeness (QED) is 0.154. The lowest BCUT2D eigenvalue weighted by molar-refractivity contribution is -0.208. The fraction of sp³-hybridized carbons (Fsp3) is 1.00. The van der Waals surface area contributed by atoms with Crippen LogP contribution in [0.25, 0.3) is 0 Å². The second-order valence-electron chi connectivity index (χ2n) is 7.51. The summed E-state index contributed by atoms with van der Waals surface area (Å²) in [5.41, 5.74) is 0. The topological polar surface area (TPSA) is 36.9 Å². The fourth-order valence-corrected chi connectivity index (χ4v) is 4.15. The SMILES string of the molecule is CCCCCCCCC(CCCOC1CCCCO1)C(Cl)(OCC)OCC. The van der Waals surface area contributed by atoms with Gasteiger partial charge in [0, 0.05) is 32.3 Å². The van der Waals surface area contributed by atoms with Crippen LogP contribution in [0.4, 0.5) is 0 Å². The van der Waals surface area contributed by atoms with Gasteiger partial charge in [-0.1, -0.05) is 57.0 Å². The number of hydrogen-bond acceptors (Lipinski definition) is 4. The van der Waals surface area contributed by atoms with Gasteiger partial charge in [0.2, 0.25) is 0 Å². The van der Waals surface area contributed by atoms with Crippen LogP contribution in [0.3, 0.4) is 0 Å². The van der Waals surface area contributed by atoms with Gasteiger partial charge in [-0.25, -0.2) is 0 Å². The number of halogens is 1. The van der Waals surface area contributed by atoms with Crippen molar-refractivity contribution in [3.05, 3.63) is 0 Å². The average Bonchev–Trinajstić information content (AvgIpc) is 2.67. The van der Waals surface area contributed by atoms with Crippen LogP contribution in [0.1, 0.15) is 97.8 Å². The monoisotopic (exact) mass is 406 g/mol. The minimum atomic E-state index is -1.01. The summed E-state index contributed by atoms with van der Waals surface area (Å²) >= 11 is 6.79. The highest BCUT2D eigenvalue weighted by atomic mass is 35.5. The lowest BCUT2D eigenvalue weighted by Crippen LogP contribution is -2.38. The zero-order valence-corrected chi connectivity index (χ0v) is 18.7. The maximum atomic E-state index is 6.79. The molecule has 0 aromatic heterocycles. The molecule has 0 radical (unpaired) electrons. The Bertz CT molecular complexity index is 328. The van der Waals surface area contributed by atoms with Gasteiger partial charge in [-0.05, 0) is 52.4 Å². The van der Waals surface area contributed by atoms with Crippen molar-refractivity contribution in [1.82, 2.24) is 0 Å². The summed E-state index contributed by atoms with van der Waals surface area (Å²) in [6.45, 7) is 8.85. The Morgan fingerprint density at radius 3 is 2.22 bits per heavy atom. The third kappa shape index (κ3) is 11.0. The Hall–Kier alpha value is 0.130. The minimum absolute atomic E-state index is 0.0182. The largest absolute Gasteiger partial charge is 0.353 e. The van der Waals surface area contributed by atoms with E-state index in [1.807, 2.05) is 13.8 Å². The van der Waals surface area contributed by atoms with Crippen molar-refractivity contribution in [3.63, 3.8) is 0 Å². The minimum Gasteiger partial charge on any atom is -0.353 e. The Balaban J connectivity index is 2.42. The second kappa shape index (κ2) is 16.0. The van der Waals surface area contributed by atoms with Gasteiger partial charge in [-0.3, -0.25) is 0 Å². The number of alkyl halides is 1. The standard InChI is InChI=1S/C22H43ClO4/c1-4-7-8-9-10-11-15-20(22(23,26-5-2)27-6-3)16-14-19-25-21-17-12-13-18-24-21/h20-21H,4-19H2,1-3H3. The first kappa shape index (κ1) is 25.2. The third-order valence-corrected chi connectivity index (χ3v) is 5.74. The van der Waals surface area contributed by atoms with E-state index in [9.17, 15) is 0 Å².